The summed E-state index contributed by atoms with van der Waals surface area (Å²) in [5, 5.41) is 12.8. The minimum absolute atomic E-state index is 0.162. The number of aliphatic carboxylic acids is 1. The number of aromatic nitrogens is 2. The average molecular weight is 274 g/mol. The second kappa shape index (κ2) is 4.63. The lowest BCUT2D eigenvalue weighted by atomic mass is 10.1. The van der Waals surface area contributed by atoms with Gasteiger partial charge in [-0.25, -0.2) is 0 Å². The molecule has 1 fully saturated rings. The molecule has 0 amide bonds. The van der Waals surface area contributed by atoms with E-state index in [0.717, 1.165) is 11.1 Å². The molecule has 1 aromatic heterocycles. The van der Waals surface area contributed by atoms with Crippen molar-refractivity contribution >= 4 is 5.97 Å². The van der Waals surface area contributed by atoms with E-state index in [4.69, 9.17) is 14.4 Å². The largest absolute Gasteiger partial charge is 0.496 e. The van der Waals surface area contributed by atoms with Gasteiger partial charge in [0, 0.05) is 0 Å². The van der Waals surface area contributed by atoms with Crippen LogP contribution < -0.4 is 4.74 Å². The lowest BCUT2D eigenvalue weighted by Crippen LogP contribution is -1.99. The molecule has 0 saturated heterocycles. The van der Waals surface area contributed by atoms with Gasteiger partial charge >= 0.3 is 5.97 Å². The Morgan fingerprint density at radius 3 is 2.95 bits per heavy atom. The summed E-state index contributed by atoms with van der Waals surface area (Å²) in [6, 6.07) is 5.69. The third-order valence-electron chi connectivity index (χ3n) is 3.46. The Labute approximate surface area is 115 Å². The van der Waals surface area contributed by atoms with E-state index in [9.17, 15) is 4.79 Å². The van der Waals surface area contributed by atoms with Gasteiger partial charge in [0.05, 0.1) is 24.5 Å². The molecule has 1 aliphatic carbocycles. The lowest BCUT2D eigenvalue weighted by Gasteiger charge is -2.05. The molecular weight excluding hydrogens is 260 g/mol. The Morgan fingerprint density at radius 1 is 1.50 bits per heavy atom. The van der Waals surface area contributed by atoms with Crippen molar-refractivity contribution in [2.45, 2.75) is 19.3 Å². The normalized spacial score (nSPS) is 20.7. The summed E-state index contributed by atoms with van der Waals surface area (Å²) < 4.78 is 10.5. The predicted octanol–water partition coefficient (Wildman–Crippen LogP) is 2.24. The maximum Gasteiger partial charge on any atom is 0.307 e. The zero-order valence-corrected chi connectivity index (χ0v) is 11.2. The molecular formula is C14H14N2O4. The molecule has 1 saturated carbocycles. The molecule has 6 nitrogen and oxygen atoms in total. The summed E-state index contributed by atoms with van der Waals surface area (Å²) in [7, 11) is 1.58. The predicted molar refractivity (Wildman–Crippen MR) is 69.5 cm³/mol. The molecule has 0 aliphatic heterocycles. The molecule has 2 aromatic rings. The first kappa shape index (κ1) is 12.7. The van der Waals surface area contributed by atoms with Crippen LogP contribution in [0.25, 0.3) is 11.4 Å². The number of rotatable bonds is 4. The third-order valence-corrected chi connectivity index (χ3v) is 3.46. The van der Waals surface area contributed by atoms with E-state index in [1.807, 2.05) is 25.1 Å². The molecule has 1 aromatic carbocycles. The number of carboxylic acids is 1. The highest BCUT2D eigenvalue weighted by atomic mass is 16.5. The van der Waals surface area contributed by atoms with E-state index in [1.165, 1.54) is 0 Å². The van der Waals surface area contributed by atoms with Gasteiger partial charge in [-0.1, -0.05) is 11.2 Å². The maximum atomic E-state index is 10.9. The van der Waals surface area contributed by atoms with Crippen LogP contribution in [0.4, 0.5) is 0 Å². The van der Waals surface area contributed by atoms with Gasteiger partial charge in [-0.05, 0) is 31.0 Å². The summed E-state index contributed by atoms with van der Waals surface area (Å²) in [6.45, 7) is 1.97. The number of aryl methyl sites for hydroxylation is 1. The van der Waals surface area contributed by atoms with Gasteiger partial charge in [-0.3, -0.25) is 4.79 Å². The molecule has 1 aliphatic rings. The summed E-state index contributed by atoms with van der Waals surface area (Å²) in [6.07, 6.45) is 0.558. The monoisotopic (exact) mass is 274 g/mol. The van der Waals surface area contributed by atoms with Crippen molar-refractivity contribution in [1.82, 2.24) is 10.1 Å². The quantitative estimate of drug-likeness (QED) is 0.920. The van der Waals surface area contributed by atoms with Gasteiger partial charge in [0.25, 0.3) is 0 Å². The standard InChI is InChI=1S/C14H14N2O4/c1-7-3-4-8(11(5-7)19-2)12-15-13(20-16-12)9-6-10(9)14(17)18/h3-5,9-10H,6H2,1-2H3,(H,17,18). The van der Waals surface area contributed by atoms with Crippen LogP contribution in [-0.4, -0.2) is 28.3 Å². The van der Waals surface area contributed by atoms with Crippen molar-refractivity contribution in [3.05, 3.63) is 29.7 Å². The number of hydrogen-bond donors (Lipinski definition) is 1. The highest BCUT2D eigenvalue weighted by Gasteiger charge is 2.48. The fourth-order valence-corrected chi connectivity index (χ4v) is 2.22. The molecule has 1 N–H and O–H groups in total. The zero-order valence-electron chi connectivity index (χ0n) is 11.2. The van der Waals surface area contributed by atoms with E-state index in [2.05, 4.69) is 10.1 Å². The fraction of sp³-hybridized carbons (Fsp3) is 0.357. The molecule has 3 rings (SSSR count). The van der Waals surface area contributed by atoms with Crippen molar-refractivity contribution in [1.29, 1.82) is 0 Å². The number of carbonyl (C=O) groups is 1. The van der Waals surface area contributed by atoms with E-state index >= 15 is 0 Å². The number of hydrogen-bond acceptors (Lipinski definition) is 5. The van der Waals surface area contributed by atoms with Gasteiger partial charge in [0.2, 0.25) is 11.7 Å². The minimum Gasteiger partial charge on any atom is -0.496 e. The van der Waals surface area contributed by atoms with E-state index in [1.54, 1.807) is 7.11 Å². The molecule has 20 heavy (non-hydrogen) atoms. The Hall–Kier alpha value is -2.37. The number of nitrogens with zero attached hydrogens (tertiary/aromatic N) is 2. The van der Waals surface area contributed by atoms with Crippen LogP contribution in [0.2, 0.25) is 0 Å². The van der Waals surface area contributed by atoms with Crippen LogP contribution in [0.3, 0.4) is 0 Å². The Kier molecular flexibility index (Phi) is 2.93. The SMILES string of the molecule is COc1cc(C)ccc1-c1noc(C2CC2C(=O)O)n1. The molecule has 1 heterocycles. The summed E-state index contributed by atoms with van der Waals surface area (Å²) >= 11 is 0. The number of ether oxygens (including phenoxy) is 1. The van der Waals surface area contributed by atoms with Crippen LogP contribution in [-0.2, 0) is 4.79 Å². The number of carboxylic acid groups (broad SMARTS) is 1. The van der Waals surface area contributed by atoms with Gasteiger partial charge in [0.1, 0.15) is 5.75 Å². The second-order valence-corrected chi connectivity index (χ2v) is 4.95. The first-order valence-electron chi connectivity index (χ1n) is 6.31. The van der Waals surface area contributed by atoms with Crippen LogP contribution in [0, 0.1) is 12.8 Å². The van der Waals surface area contributed by atoms with Gasteiger partial charge in [-0.2, -0.15) is 4.98 Å². The molecule has 104 valence electrons. The number of benzene rings is 1. The van der Waals surface area contributed by atoms with Crippen molar-refractivity contribution in [3.63, 3.8) is 0 Å². The van der Waals surface area contributed by atoms with Crippen molar-refractivity contribution in [2.75, 3.05) is 7.11 Å². The van der Waals surface area contributed by atoms with Gasteiger partial charge in [0.15, 0.2) is 0 Å². The topological polar surface area (TPSA) is 85.5 Å². The average Bonchev–Trinajstić information content (AvgIpc) is 3.10. The smallest absolute Gasteiger partial charge is 0.307 e. The highest BCUT2D eigenvalue weighted by Crippen LogP contribution is 2.47. The fourth-order valence-electron chi connectivity index (χ4n) is 2.22. The van der Waals surface area contributed by atoms with E-state index < -0.39 is 11.9 Å². The number of methoxy groups -OCH3 is 1. The lowest BCUT2D eigenvalue weighted by molar-refractivity contribution is -0.138. The highest BCUT2D eigenvalue weighted by molar-refractivity contribution is 5.74. The van der Waals surface area contributed by atoms with Gasteiger partial charge < -0.3 is 14.4 Å². The van der Waals surface area contributed by atoms with E-state index in [-0.39, 0.29) is 5.92 Å². The maximum absolute atomic E-state index is 10.9. The summed E-state index contributed by atoms with van der Waals surface area (Å²) in [5.74, 6) is 0.0990. The molecule has 6 heteroatoms. The molecule has 2 unspecified atom stereocenters. The first-order chi connectivity index (χ1) is 9.60. The third kappa shape index (κ3) is 2.13. The van der Waals surface area contributed by atoms with Crippen molar-refractivity contribution < 1.29 is 19.2 Å². The Morgan fingerprint density at radius 2 is 2.30 bits per heavy atom. The van der Waals surface area contributed by atoms with E-state index in [0.29, 0.717) is 23.9 Å². The van der Waals surface area contributed by atoms with Crippen LogP contribution >= 0.6 is 0 Å². The van der Waals surface area contributed by atoms with Gasteiger partial charge in [-0.15, -0.1) is 0 Å². The Balaban J connectivity index is 1.89. The van der Waals surface area contributed by atoms with Crippen molar-refractivity contribution in [2.24, 2.45) is 5.92 Å². The molecule has 0 radical (unpaired) electrons. The van der Waals surface area contributed by atoms with Crippen LogP contribution in [0.15, 0.2) is 22.7 Å². The molecule has 0 bridgehead atoms. The summed E-state index contributed by atoms with van der Waals surface area (Å²) in [5.41, 5.74) is 1.81. The van der Waals surface area contributed by atoms with Crippen LogP contribution in [0.5, 0.6) is 5.75 Å². The first-order valence-corrected chi connectivity index (χ1v) is 6.31. The molecule has 2 atom stereocenters. The Bertz CT molecular complexity index is 665. The molecule has 0 spiro atoms. The van der Waals surface area contributed by atoms with Crippen LogP contribution in [0.1, 0.15) is 23.8 Å². The summed E-state index contributed by atoms with van der Waals surface area (Å²) in [4.78, 5) is 15.1. The second-order valence-electron chi connectivity index (χ2n) is 4.95. The minimum atomic E-state index is -0.817. The zero-order chi connectivity index (χ0) is 14.3. The van der Waals surface area contributed by atoms with Crippen molar-refractivity contribution in [3.8, 4) is 17.1 Å².